The molecule has 5 heteroatoms. The monoisotopic (exact) mass is 290 g/mol. The predicted molar refractivity (Wildman–Crippen MR) is 76.6 cm³/mol. The third-order valence-electron chi connectivity index (χ3n) is 3.20. The highest BCUT2D eigenvalue weighted by Crippen LogP contribution is 2.34. The third kappa shape index (κ3) is 3.61. The molecule has 1 aliphatic rings. The standard InChI is InChI=1S/C15H15ClN2O2/c16-13-5-3-12(4-6-13)14(9-11-1-2-11)18-20-10-15-17-7-8-19-15/h3-8,11H,1-2,9-10H2. The van der Waals surface area contributed by atoms with E-state index in [0.717, 1.165) is 28.6 Å². The summed E-state index contributed by atoms with van der Waals surface area (Å²) in [6.45, 7) is 0.245. The first-order valence-electron chi connectivity index (χ1n) is 6.64. The van der Waals surface area contributed by atoms with Gasteiger partial charge in [0.2, 0.25) is 5.89 Å². The summed E-state index contributed by atoms with van der Waals surface area (Å²) < 4.78 is 5.11. The van der Waals surface area contributed by atoms with Gasteiger partial charge in [-0.3, -0.25) is 0 Å². The summed E-state index contributed by atoms with van der Waals surface area (Å²) in [4.78, 5) is 9.34. The van der Waals surface area contributed by atoms with E-state index in [1.54, 1.807) is 6.20 Å². The molecule has 0 spiro atoms. The molecule has 1 saturated carbocycles. The SMILES string of the molecule is Clc1ccc(C(CC2CC2)=NOCc2ncco2)cc1. The van der Waals surface area contributed by atoms with Gasteiger partial charge in [0.1, 0.15) is 6.26 Å². The zero-order chi connectivity index (χ0) is 13.8. The van der Waals surface area contributed by atoms with Crippen molar-refractivity contribution in [2.24, 2.45) is 11.1 Å². The highest BCUT2D eigenvalue weighted by molar-refractivity contribution is 6.30. The van der Waals surface area contributed by atoms with E-state index >= 15 is 0 Å². The van der Waals surface area contributed by atoms with E-state index in [-0.39, 0.29) is 6.61 Å². The second-order valence-electron chi connectivity index (χ2n) is 4.89. The summed E-state index contributed by atoms with van der Waals surface area (Å²) in [5, 5.41) is 4.97. The molecule has 1 aliphatic carbocycles. The molecule has 1 heterocycles. The smallest absolute Gasteiger partial charge is 0.235 e. The number of halogens is 1. The Labute approximate surface area is 122 Å². The molecule has 0 unspecified atom stereocenters. The van der Waals surface area contributed by atoms with E-state index in [0.29, 0.717) is 5.89 Å². The highest BCUT2D eigenvalue weighted by atomic mass is 35.5. The number of oxime groups is 1. The van der Waals surface area contributed by atoms with Crippen molar-refractivity contribution in [3.8, 4) is 0 Å². The lowest BCUT2D eigenvalue weighted by molar-refractivity contribution is 0.110. The van der Waals surface area contributed by atoms with Crippen LogP contribution in [0.2, 0.25) is 5.02 Å². The number of aromatic nitrogens is 1. The zero-order valence-electron chi connectivity index (χ0n) is 11.0. The fourth-order valence-electron chi connectivity index (χ4n) is 1.94. The van der Waals surface area contributed by atoms with Gasteiger partial charge >= 0.3 is 0 Å². The quantitative estimate of drug-likeness (QED) is 0.595. The fourth-order valence-corrected chi connectivity index (χ4v) is 2.06. The minimum absolute atomic E-state index is 0.245. The van der Waals surface area contributed by atoms with Crippen molar-refractivity contribution >= 4 is 17.3 Å². The summed E-state index contributed by atoms with van der Waals surface area (Å²) in [5.74, 6) is 1.25. The van der Waals surface area contributed by atoms with Crippen LogP contribution in [-0.2, 0) is 11.4 Å². The molecule has 0 atom stereocenters. The number of oxazole rings is 1. The number of rotatable bonds is 6. The molecule has 3 rings (SSSR count). The van der Waals surface area contributed by atoms with Gasteiger partial charge in [-0.15, -0.1) is 0 Å². The van der Waals surface area contributed by atoms with E-state index in [1.165, 1.54) is 19.1 Å². The first kappa shape index (κ1) is 13.2. The first-order valence-corrected chi connectivity index (χ1v) is 7.02. The summed E-state index contributed by atoms with van der Waals surface area (Å²) in [6, 6.07) is 7.68. The molecule has 1 fully saturated rings. The fraction of sp³-hybridized carbons (Fsp3) is 0.333. The van der Waals surface area contributed by atoms with Crippen LogP contribution in [0.25, 0.3) is 0 Å². The Kier molecular flexibility index (Phi) is 4.02. The number of hydrogen-bond donors (Lipinski definition) is 0. The molecule has 0 N–H and O–H groups in total. The predicted octanol–water partition coefficient (Wildman–Crippen LogP) is 4.05. The lowest BCUT2D eigenvalue weighted by Gasteiger charge is -2.06. The maximum atomic E-state index is 5.91. The number of nitrogens with zero attached hydrogens (tertiary/aromatic N) is 2. The zero-order valence-corrected chi connectivity index (χ0v) is 11.7. The second kappa shape index (κ2) is 6.09. The highest BCUT2D eigenvalue weighted by Gasteiger charge is 2.24. The molecular weight excluding hydrogens is 276 g/mol. The maximum absolute atomic E-state index is 5.91. The largest absolute Gasteiger partial charge is 0.445 e. The Morgan fingerprint density at radius 1 is 1.35 bits per heavy atom. The van der Waals surface area contributed by atoms with Crippen molar-refractivity contribution in [2.45, 2.75) is 25.9 Å². The number of benzene rings is 1. The molecule has 0 bridgehead atoms. The minimum atomic E-state index is 0.245. The molecule has 2 aromatic rings. The molecule has 0 saturated heterocycles. The van der Waals surface area contributed by atoms with Crippen LogP contribution in [0.5, 0.6) is 0 Å². The van der Waals surface area contributed by atoms with Gasteiger partial charge in [0, 0.05) is 5.02 Å². The van der Waals surface area contributed by atoms with Crippen LogP contribution >= 0.6 is 11.6 Å². The second-order valence-corrected chi connectivity index (χ2v) is 5.33. The normalized spacial score (nSPS) is 15.3. The van der Waals surface area contributed by atoms with Gasteiger partial charge in [0.15, 0.2) is 6.61 Å². The lowest BCUT2D eigenvalue weighted by Crippen LogP contribution is -2.03. The lowest BCUT2D eigenvalue weighted by atomic mass is 10.1. The molecule has 20 heavy (non-hydrogen) atoms. The topological polar surface area (TPSA) is 47.6 Å². The molecule has 104 valence electrons. The summed E-state index contributed by atoms with van der Waals surface area (Å²) >= 11 is 5.91. The van der Waals surface area contributed by atoms with Crippen LogP contribution in [-0.4, -0.2) is 10.7 Å². The van der Waals surface area contributed by atoms with Gasteiger partial charge in [0.05, 0.1) is 11.9 Å². The van der Waals surface area contributed by atoms with Crippen molar-refractivity contribution in [3.63, 3.8) is 0 Å². The van der Waals surface area contributed by atoms with Crippen molar-refractivity contribution in [1.29, 1.82) is 0 Å². The molecule has 1 aromatic carbocycles. The summed E-state index contributed by atoms with van der Waals surface area (Å²) in [5.41, 5.74) is 2.00. The molecule has 1 aromatic heterocycles. The van der Waals surface area contributed by atoms with Crippen LogP contribution in [0, 0.1) is 5.92 Å². The molecule has 4 nitrogen and oxygen atoms in total. The van der Waals surface area contributed by atoms with Crippen LogP contribution < -0.4 is 0 Å². The van der Waals surface area contributed by atoms with Gasteiger partial charge in [-0.2, -0.15) is 0 Å². The van der Waals surface area contributed by atoms with Crippen molar-refractivity contribution in [1.82, 2.24) is 4.98 Å². The summed E-state index contributed by atoms with van der Waals surface area (Å²) in [7, 11) is 0. The minimum Gasteiger partial charge on any atom is -0.445 e. The third-order valence-corrected chi connectivity index (χ3v) is 3.45. The average Bonchev–Trinajstić information content (AvgIpc) is 3.12. The number of hydrogen-bond acceptors (Lipinski definition) is 4. The van der Waals surface area contributed by atoms with Crippen molar-refractivity contribution in [3.05, 3.63) is 53.2 Å². The van der Waals surface area contributed by atoms with Gasteiger partial charge in [-0.25, -0.2) is 4.98 Å². The van der Waals surface area contributed by atoms with E-state index in [9.17, 15) is 0 Å². The van der Waals surface area contributed by atoms with Crippen LogP contribution in [0.4, 0.5) is 0 Å². The Hall–Kier alpha value is -1.81. The van der Waals surface area contributed by atoms with Crippen molar-refractivity contribution in [2.75, 3.05) is 0 Å². The van der Waals surface area contributed by atoms with Crippen LogP contribution in [0.3, 0.4) is 0 Å². The Bertz CT molecular complexity index is 574. The Balaban J connectivity index is 1.69. The van der Waals surface area contributed by atoms with Crippen LogP contribution in [0.1, 0.15) is 30.7 Å². The van der Waals surface area contributed by atoms with Gasteiger partial charge < -0.3 is 9.25 Å². The van der Waals surface area contributed by atoms with Crippen molar-refractivity contribution < 1.29 is 9.25 Å². The van der Waals surface area contributed by atoms with Gasteiger partial charge in [-0.1, -0.05) is 28.9 Å². The molecular formula is C15H15ClN2O2. The van der Waals surface area contributed by atoms with Gasteiger partial charge in [-0.05, 0) is 42.9 Å². The van der Waals surface area contributed by atoms with E-state index in [4.69, 9.17) is 20.9 Å². The molecule has 0 radical (unpaired) electrons. The first-order chi connectivity index (χ1) is 9.81. The van der Waals surface area contributed by atoms with E-state index in [1.807, 2.05) is 24.3 Å². The van der Waals surface area contributed by atoms with Gasteiger partial charge in [0.25, 0.3) is 0 Å². The van der Waals surface area contributed by atoms with E-state index in [2.05, 4.69) is 10.1 Å². The Morgan fingerprint density at radius 2 is 2.15 bits per heavy atom. The maximum Gasteiger partial charge on any atom is 0.235 e. The molecule has 0 amide bonds. The Morgan fingerprint density at radius 3 is 2.80 bits per heavy atom. The summed E-state index contributed by atoms with van der Waals surface area (Å²) in [6.07, 6.45) is 6.59. The molecule has 0 aliphatic heterocycles. The van der Waals surface area contributed by atoms with Crippen LogP contribution in [0.15, 0.2) is 46.3 Å². The average molecular weight is 291 g/mol. The van der Waals surface area contributed by atoms with E-state index < -0.39 is 0 Å².